The molecule has 1 heteroatoms. The molecule has 0 amide bonds. The Balaban J connectivity index is 1.90. The number of fused-ring (bicyclic) bond motifs is 7. The molecule has 126 valence electrons. The summed E-state index contributed by atoms with van der Waals surface area (Å²) in [6, 6.07) is 37.1. The predicted octanol–water partition coefficient (Wildman–Crippen LogP) is 7.09. The number of rotatable bonds is 1. The van der Waals surface area contributed by atoms with Crippen molar-refractivity contribution >= 4 is 43.4 Å². The van der Waals surface area contributed by atoms with Crippen LogP contribution in [0.3, 0.4) is 0 Å². The molecule has 0 N–H and O–H groups in total. The van der Waals surface area contributed by atoms with Gasteiger partial charge in [0.2, 0.25) is 0 Å². The molecule has 0 saturated carbocycles. The van der Waals surface area contributed by atoms with Crippen molar-refractivity contribution in [3.8, 4) is 5.69 Å². The lowest BCUT2D eigenvalue weighted by Crippen LogP contribution is -1.94. The quantitative estimate of drug-likeness (QED) is 0.281. The number of nitrogens with zero attached hydrogens (tertiary/aromatic N) is 1. The van der Waals surface area contributed by atoms with Crippen LogP contribution in [-0.4, -0.2) is 4.57 Å². The molecule has 1 heterocycles. The topological polar surface area (TPSA) is 4.93 Å². The third-order valence-corrected chi connectivity index (χ3v) is 5.57. The van der Waals surface area contributed by atoms with Gasteiger partial charge in [0, 0.05) is 21.8 Å². The lowest BCUT2D eigenvalue weighted by atomic mass is 9.99. The molecule has 0 aliphatic rings. The Morgan fingerprint density at radius 1 is 0.407 bits per heavy atom. The molecule has 0 saturated heterocycles. The number of hydrogen-bond acceptors (Lipinski definition) is 0. The van der Waals surface area contributed by atoms with E-state index in [0.29, 0.717) is 0 Å². The van der Waals surface area contributed by atoms with Crippen LogP contribution in [0.1, 0.15) is 0 Å². The van der Waals surface area contributed by atoms with E-state index in [-0.39, 0.29) is 0 Å². The number of benzene rings is 5. The highest BCUT2D eigenvalue weighted by Gasteiger charge is 2.15. The second-order valence-corrected chi connectivity index (χ2v) is 7.03. The Morgan fingerprint density at radius 3 is 1.93 bits per heavy atom. The van der Waals surface area contributed by atoms with E-state index < -0.39 is 0 Å². The Labute approximate surface area is 157 Å². The van der Waals surface area contributed by atoms with Crippen LogP contribution >= 0.6 is 0 Å². The molecule has 0 radical (unpaired) electrons. The van der Waals surface area contributed by atoms with E-state index in [1.807, 2.05) is 0 Å². The zero-order valence-corrected chi connectivity index (χ0v) is 14.8. The summed E-state index contributed by atoms with van der Waals surface area (Å²) in [6.45, 7) is 0. The summed E-state index contributed by atoms with van der Waals surface area (Å²) in [6.07, 6.45) is 0. The number of aromatic nitrogens is 1. The summed E-state index contributed by atoms with van der Waals surface area (Å²) in [5, 5.41) is 7.80. The van der Waals surface area contributed by atoms with Gasteiger partial charge in [-0.25, -0.2) is 0 Å². The highest BCUT2D eigenvalue weighted by Crippen LogP contribution is 2.38. The van der Waals surface area contributed by atoms with Gasteiger partial charge in [-0.15, -0.1) is 0 Å². The minimum absolute atomic E-state index is 1.20. The largest absolute Gasteiger partial charge is 0.309 e. The lowest BCUT2D eigenvalue weighted by molar-refractivity contribution is 1.19. The van der Waals surface area contributed by atoms with E-state index in [0.717, 1.165) is 0 Å². The smallest absolute Gasteiger partial charge is 0.0619 e. The fraction of sp³-hybridized carbons (Fsp3) is 0. The molecule has 27 heavy (non-hydrogen) atoms. The summed E-state index contributed by atoms with van der Waals surface area (Å²) in [4.78, 5) is 0. The van der Waals surface area contributed by atoms with E-state index in [2.05, 4.69) is 108 Å². The predicted molar refractivity (Wildman–Crippen MR) is 116 cm³/mol. The van der Waals surface area contributed by atoms with Crippen LogP contribution in [0.25, 0.3) is 49.0 Å². The minimum Gasteiger partial charge on any atom is -0.309 e. The monoisotopic (exact) mass is 343 g/mol. The first-order valence-electron chi connectivity index (χ1n) is 9.31. The molecule has 0 fully saturated rings. The maximum atomic E-state index is 2.40. The summed E-state index contributed by atoms with van der Waals surface area (Å²) in [7, 11) is 0. The van der Waals surface area contributed by atoms with Crippen LogP contribution in [0.15, 0.2) is 103 Å². The molecule has 0 spiro atoms. The van der Waals surface area contributed by atoms with Gasteiger partial charge in [-0.3, -0.25) is 0 Å². The maximum absolute atomic E-state index is 2.40. The molecule has 0 aliphatic carbocycles. The average molecular weight is 343 g/mol. The molecule has 1 aromatic heterocycles. The van der Waals surface area contributed by atoms with E-state index in [9.17, 15) is 0 Å². The fourth-order valence-electron chi connectivity index (χ4n) is 4.39. The molecular weight excluding hydrogens is 326 g/mol. The van der Waals surface area contributed by atoms with Gasteiger partial charge >= 0.3 is 0 Å². The van der Waals surface area contributed by atoms with Gasteiger partial charge < -0.3 is 4.57 Å². The van der Waals surface area contributed by atoms with Gasteiger partial charge in [0.05, 0.1) is 11.0 Å². The van der Waals surface area contributed by atoms with Crippen molar-refractivity contribution in [1.82, 2.24) is 4.57 Å². The van der Waals surface area contributed by atoms with Crippen molar-refractivity contribution in [2.24, 2.45) is 0 Å². The lowest BCUT2D eigenvalue weighted by Gasteiger charge is -2.11. The standard InChI is InChI=1S/C26H17N/c1-2-9-19(10-3-1)27-25-13-7-6-12-22(25)24-17-16-21-20-11-5-4-8-18(20)14-15-23(21)26(24)27/h1-17H. The average Bonchev–Trinajstić information content (AvgIpc) is 3.09. The summed E-state index contributed by atoms with van der Waals surface area (Å²) < 4.78 is 2.40. The van der Waals surface area contributed by atoms with Crippen molar-refractivity contribution in [1.29, 1.82) is 0 Å². The van der Waals surface area contributed by atoms with Gasteiger partial charge in [-0.2, -0.15) is 0 Å². The SMILES string of the molecule is c1ccc(-n2c3ccccc3c3ccc4c5ccccc5ccc4c32)cc1. The molecular formula is C26H17N. The Morgan fingerprint density at radius 2 is 1.04 bits per heavy atom. The summed E-state index contributed by atoms with van der Waals surface area (Å²) >= 11 is 0. The van der Waals surface area contributed by atoms with Gasteiger partial charge in [0.1, 0.15) is 0 Å². The van der Waals surface area contributed by atoms with Gasteiger partial charge in [-0.05, 0) is 34.4 Å². The molecule has 5 aromatic carbocycles. The molecule has 6 aromatic rings. The second kappa shape index (κ2) is 5.46. The van der Waals surface area contributed by atoms with Crippen molar-refractivity contribution in [3.63, 3.8) is 0 Å². The first-order chi connectivity index (χ1) is 13.4. The van der Waals surface area contributed by atoms with Crippen LogP contribution in [0.4, 0.5) is 0 Å². The Kier molecular flexibility index (Phi) is 2.95. The van der Waals surface area contributed by atoms with Crippen LogP contribution in [0.2, 0.25) is 0 Å². The third kappa shape index (κ3) is 2.00. The van der Waals surface area contributed by atoms with E-state index >= 15 is 0 Å². The molecule has 1 nitrogen and oxygen atoms in total. The highest BCUT2D eigenvalue weighted by molar-refractivity contribution is 6.22. The van der Waals surface area contributed by atoms with E-state index in [1.165, 1.54) is 49.0 Å². The minimum atomic E-state index is 1.20. The van der Waals surface area contributed by atoms with Crippen LogP contribution in [-0.2, 0) is 0 Å². The highest BCUT2D eigenvalue weighted by atomic mass is 15.0. The Bertz CT molecular complexity index is 1460. The van der Waals surface area contributed by atoms with Gasteiger partial charge in [0.15, 0.2) is 0 Å². The summed E-state index contributed by atoms with van der Waals surface area (Å²) in [5.74, 6) is 0. The summed E-state index contributed by atoms with van der Waals surface area (Å²) in [5.41, 5.74) is 3.73. The second-order valence-electron chi connectivity index (χ2n) is 7.03. The number of para-hydroxylation sites is 2. The first-order valence-corrected chi connectivity index (χ1v) is 9.31. The van der Waals surface area contributed by atoms with Crippen LogP contribution in [0, 0.1) is 0 Å². The van der Waals surface area contributed by atoms with E-state index in [1.54, 1.807) is 0 Å². The fourth-order valence-corrected chi connectivity index (χ4v) is 4.39. The zero-order chi connectivity index (χ0) is 17.8. The third-order valence-electron chi connectivity index (χ3n) is 5.57. The van der Waals surface area contributed by atoms with Crippen molar-refractivity contribution in [2.45, 2.75) is 0 Å². The molecule has 0 atom stereocenters. The molecule has 0 bridgehead atoms. The van der Waals surface area contributed by atoms with Gasteiger partial charge in [0.25, 0.3) is 0 Å². The maximum Gasteiger partial charge on any atom is 0.0619 e. The van der Waals surface area contributed by atoms with Gasteiger partial charge in [-0.1, -0.05) is 84.9 Å². The van der Waals surface area contributed by atoms with Crippen molar-refractivity contribution < 1.29 is 0 Å². The normalized spacial score (nSPS) is 11.7. The van der Waals surface area contributed by atoms with E-state index in [4.69, 9.17) is 0 Å². The van der Waals surface area contributed by atoms with Crippen molar-refractivity contribution in [3.05, 3.63) is 103 Å². The van der Waals surface area contributed by atoms with Crippen molar-refractivity contribution in [2.75, 3.05) is 0 Å². The first kappa shape index (κ1) is 14.6. The molecule has 0 aliphatic heterocycles. The Hall–Kier alpha value is -3.58. The molecule has 6 rings (SSSR count). The number of hydrogen-bond donors (Lipinski definition) is 0. The van der Waals surface area contributed by atoms with Crippen LogP contribution < -0.4 is 0 Å². The van der Waals surface area contributed by atoms with Crippen LogP contribution in [0.5, 0.6) is 0 Å². The zero-order valence-electron chi connectivity index (χ0n) is 14.8. The molecule has 0 unspecified atom stereocenters.